The van der Waals surface area contributed by atoms with Crippen molar-refractivity contribution in [1.82, 2.24) is 5.32 Å². The molecule has 0 bridgehead atoms. The molecule has 0 aliphatic heterocycles. The number of rotatable bonds is 7. The van der Waals surface area contributed by atoms with Crippen LogP contribution in [-0.4, -0.2) is 33.0 Å². The summed E-state index contributed by atoms with van der Waals surface area (Å²) in [5.41, 5.74) is 0.935. The van der Waals surface area contributed by atoms with E-state index in [1.165, 1.54) is 18.2 Å². The van der Waals surface area contributed by atoms with Gasteiger partial charge < -0.3 is 10.6 Å². The van der Waals surface area contributed by atoms with Crippen molar-refractivity contribution >= 4 is 44.8 Å². The number of nitrogens with one attached hydrogen (secondary N) is 3. The van der Waals surface area contributed by atoms with Gasteiger partial charge in [0.1, 0.15) is 0 Å². The Balaban J connectivity index is 2.28. The fourth-order valence-corrected chi connectivity index (χ4v) is 3.05. The number of anilines is 2. The van der Waals surface area contributed by atoms with Crippen molar-refractivity contribution in [3.63, 3.8) is 0 Å². The van der Waals surface area contributed by atoms with E-state index in [4.69, 9.17) is 11.6 Å². The van der Waals surface area contributed by atoms with E-state index in [9.17, 15) is 18.0 Å². The zero-order valence-electron chi connectivity index (χ0n) is 14.9. The van der Waals surface area contributed by atoms with E-state index in [1.807, 2.05) is 6.92 Å². The number of amides is 2. The molecule has 0 spiro atoms. The van der Waals surface area contributed by atoms with Gasteiger partial charge in [-0.1, -0.05) is 30.7 Å². The highest BCUT2D eigenvalue weighted by Crippen LogP contribution is 2.23. The highest BCUT2D eigenvalue weighted by atomic mass is 35.5. The zero-order chi connectivity index (χ0) is 20.0. The second-order valence-electron chi connectivity index (χ2n) is 5.82. The molecular formula is C18H20ClN3O4S. The maximum absolute atomic E-state index is 12.6. The first kappa shape index (κ1) is 20.7. The van der Waals surface area contributed by atoms with E-state index in [1.54, 1.807) is 24.3 Å². The lowest BCUT2D eigenvalue weighted by Gasteiger charge is -2.13. The van der Waals surface area contributed by atoms with Crippen LogP contribution in [0.1, 0.15) is 34.1 Å². The van der Waals surface area contributed by atoms with Crippen LogP contribution in [0.2, 0.25) is 5.02 Å². The minimum absolute atomic E-state index is 0.0779. The lowest BCUT2D eigenvalue weighted by Crippen LogP contribution is -2.25. The molecule has 0 atom stereocenters. The normalized spacial score (nSPS) is 10.9. The summed E-state index contributed by atoms with van der Waals surface area (Å²) in [4.78, 5) is 24.9. The fourth-order valence-electron chi connectivity index (χ4n) is 2.29. The number of para-hydroxylation sites is 1. The van der Waals surface area contributed by atoms with Gasteiger partial charge in [-0.05, 0) is 36.8 Å². The quantitative estimate of drug-likeness (QED) is 0.653. The molecule has 0 aliphatic rings. The lowest BCUT2D eigenvalue weighted by atomic mass is 10.1. The number of hydrogen-bond acceptors (Lipinski definition) is 4. The van der Waals surface area contributed by atoms with Gasteiger partial charge in [-0.25, -0.2) is 8.42 Å². The first-order chi connectivity index (χ1) is 12.7. The Morgan fingerprint density at radius 3 is 2.41 bits per heavy atom. The third kappa shape index (κ3) is 5.97. The summed E-state index contributed by atoms with van der Waals surface area (Å²) in [5, 5.41) is 5.56. The minimum atomic E-state index is -3.50. The van der Waals surface area contributed by atoms with Crippen LogP contribution in [0.4, 0.5) is 11.4 Å². The predicted molar refractivity (Wildman–Crippen MR) is 107 cm³/mol. The van der Waals surface area contributed by atoms with Gasteiger partial charge in [0.05, 0.1) is 28.1 Å². The maximum atomic E-state index is 12.6. The molecule has 0 heterocycles. The molecule has 3 N–H and O–H groups in total. The predicted octanol–water partition coefficient (Wildman–Crippen LogP) is 3.10. The minimum Gasteiger partial charge on any atom is -0.352 e. The molecule has 0 unspecified atom stereocenters. The highest BCUT2D eigenvalue weighted by Gasteiger charge is 2.16. The summed E-state index contributed by atoms with van der Waals surface area (Å²) >= 11 is 6.08. The molecule has 0 saturated heterocycles. The van der Waals surface area contributed by atoms with Gasteiger partial charge in [0.25, 0.3) is 11.8 Å². The third-order valence-electron chi connectivity index (χ3n) is 3.47. The largest absolute Gasteiger partial charge is 0.352 e. The molecule has 2 aromatic carbocycles. The number of benzene rings is 2. The summed E-state index contributed by atoms with van der Waals surface area (Å²) in [6.07, 6.45) is 1.79. The Morgan fingerprint density at radius 2 is 1.74 bits per heavy atom. The Bertz CT molecular complexity index is 961. The summed E-state index contributed by atoms with van der Waals surface area (Å²) < 4.78 is 25.0. The van der Waals surface area contributed by atoms with Crippen LogP contribution in [0, 0.1) is 0 Å². The summed E-state index contributed by atoms with van der Waals surface area (Å²) in [6.45, 7) is 2.46. The van der Waals surface area contributed by atoms with Gasteiger partial charge in [0.15, 0.2) is 0 Å². The highest BCUT2D eigenvalue weighted by molar-refractivity contribution is 7.92. The summed E-state index contributed by atoms with van der Waals surface area (Å²) in [6, 6.07) is 10.8. The molecule has 0 aromatic heterocycles. The van der Waals surface area contributed by atoms with Crippen molar-refractivity contribution in [2.75, 3.05) is 22.8 Å². The van der Waals surface area contributed by atoms with Crippen molar-refractivity contribution in [2.24, 2.45) is 0 Å². The third-order valence-corrected chi connectivity index (χ3v) is 4.41. The smallest absolute Gasteiger partial charge is 0.257 e. The van der Waals surface area contributed by atoms with Crippen LogP contribution in [0.5, 0.6) is 0 Å². The average molecular weight is 410 g/mol. The lowest BCUT2D eigenvalue weighted by molar-refractivity contribution is 0.0954. The molecule has 2 amide bonds. The van der Waals surface area contributed by atoms with E-state index >= 15 is 0 Å². The van der Waals surface area contributed by atoms with Gasteiger partial charge in [-0.3, -0.25) is 14.3 Å². The molecule has 9 heteroatoms. The summed E-state index contributed by atoms with van der Waals surface area (Å²) in [7, 11) is -3.50. The first-order valence-electron chi connectivity index (χ1n) is 8.17. The second-order valence-corrected chi connectivity index (χ2v) is 7.98. The van der Waals surface area contributed by atoms with E-state index in [2.05, 4.69) is 15.4 Å². The summed E-state index contributed by atoms with van der Waals surface area (Å²) in [5.74, 6) is -0.862. The molecule has 0 fully saturated rings. The molecule has 7 nitrogen and oxygen atoms in total. The van der Waals surface area contributed by atoms with E-state index in [-0.39, 0.29) is 22.2 Å². The van der Waals surface area contributed by atoms with E-state index in [0.717, 1.165) is 12.7 Å². The van der Waals surface area contributed by atoms with Crippen LogP contribution in [0.25, 0.3) is 0 Å². The van der Waals surface area contributed by atoms with Gasteiger partial charge in [-0.2, -0.15) is 0 Å². The van der Waals surface area contributed by atoms with Gasteiger partial charge in [-0.15, -0.1) is 0 Å². The SMILES string of the molecule is CCCNC(=O)c1ccccc1NC(=O)c1cc(NS(C)(=O)=O)ccc1Cl. The standard InChI is InChI=1S/C18H20ClN3O4S/c1-3-10-20-17(23)13-6-4-5-7-16(13)21-18(24)14-11-12(8-9-15(14)19)22-27(2,25)26/h4-9,11,22H,3,10H2,1-2H3,(H,20,23)(H,21,24). The monoisotopic (exact) mass is 409 g/mol. The molecule has 2 aromatic rings. The van der Waals surface area contributed by atoms with Crippen LogP contribution in [0.3, 0.4) is 0 Å². The first-order valence-corrected chi connectivity index (χ1v) is 10.4. The maximum Gasteiger partial charge on any atom is 0.257 e. The fraction of sp³-hybridized carbons (Fsp3) is 0.222. The van der Waals surface area contributed by atoms with Crippen molar-refractivity contribution < 1.29 is 18.0 Å². The van der Waals surface area contributed by atoms with Crippen LogP contribution < -0.4 is 15.4 Å². The number of halogens is 1. The van der Waals surface area contributed by atoms with Crippen molar-refractivity contribution in [1.29, 1.82) is 0 Å². The number of sulfonamides is 1. The van der Waals surface area contributed by atoms with Crippen molar-refractivity contribution in [3.8, 4) is 0 Å². The average Bonchev–Trinajstić information content (AvgIpc) is 2.60. The van der Waals surface area contributed by atoms with Crippen LogP contribution in [-0.2, 0) is 10.0 Å². The Hall–Kier alpha value is -2.58. The number of carbonyl (C=O) groups excluding carboxylic acids is 2. The second kappa shape index (κ2) is 8.88. The molecule has 0 aliphatic carbocycles. The Morgan fingerprint density at radius 1 is 1.04 bits per heavy atom. The van der Waals surface area contributed by atoms with Gasteiger partial charge >= 0.3 is 0 Å². The Labute approximate surface area is 163 Å². The molecule has 0 saturated carbocycles. The molecular weight excluding hydrogens is 390 g/mol. The van der Waals surface area contributed by atoms with E-state index in [0.29, 0.717) is 17.8 Å². The molecule has 144 valence electrons. The van der Waals surface area contributed by atoms with Crippen molar-refractivity contribution in [3.05, 3.63) is 58.6 Å². The van der Waals surface area contributed by atoms with Gasteiger partial charge in [0.2, 0.25) is 10.0 Å². The Kier molecular flexibility index (Phi) is 6.81. The van der Waals surface area contributed by atoms with Crippen LogP contribution >= 0.6 is 11.6 Å². The van der Waals surface area contributed by atoms with Crippen molar-refractivity contribution in [2.45, 2.75) is 13.3 Å². The molecule has 2 rings (SSSR count). The number of carbonyl (C=O) groups is 2. The van der Waals surface area contributed by atoms with Gasteiger partial charge in [0, 0.05) is 12.2 Å². The zero-order valence-corrected chi connectivity index (χ0v) is 16.4. The topological polar surface area (TPSA) is 104 Å². The molecule has 0 radical (unpaired) electrons. The van der Waals surface area contributed by atoms with Crippen LogP contribution in [0.15, 0.2) is 42.5 Å². The molecule has 27 heavy (non-hydrogen) atoms. The number of hydrogen-bond donors (Lipinski definition) is 3. The van der Waals surface area contributed by atoms with E-state index < -0.39 is 15.9 Å².